The normalized spacial score (nSPS) is 10.9. The van der Waals surface area contributed by atoms with Gasteiger partial charge in [-0.3, -0.25) is 4.79 Å². The van der Waals surface area contributed by atoms with Gasteiger partial charge in [0.15, 0.2) is 11.5 Å². The van der Waals surface area contributed by atoms with Crippen molar-refractivity contribution in [3.63, 3.8) is 0 Å². The summed E-state index contributed by atoms with van der Waals surface area (Å²) >= 11 is 1.47. The Morgan fingerprint density at radius 3 is 2.64 bits per heavy atom. The number of hydrogen-bond acceptors (Lipinski definition) is 5. The molecule has 0 unspecified atom stereocenters. The lowest BCUT2D eigenvalue weighted by molar-refractivity contribution is 0.373. The fourth-order valence-electron chi connectivity index (χ4n) is 2.64. The summed E-state index contributed by atoms with van der Waals surface area (Å²) in [4.78, 5) is 21.5. The molecule has 0 aliphatic carbocycles. The second kappa shape index (κ2) is 6.07. The highest BCUT2D eigenvalue weighted by atomic mass is 32.1. The molecule has 6 heteroatoms. The summed E-state index contributed by atoms with van der Waals surface area (Å²) in [5, 5.41) is 10.3. The third kappa shape index (κ3) is 2.77. The van der Waals surface area contributed by atoms with Crippen LogP contribution in [0.1, 0.15) is 0 Å². The number of aromatic hydroxyl groups is 1. The number of methoxy groups -OCH3 is 1. The molecule has 0 aliphatic heterocycles. The van der Waals surface area contributed by atoms with Gasteiger partial charge in [-0.2, -0.15) is 0 Å². The lowest BCUT2D eigenvalue weighted by atomic mass is 10.1. The van der Waals surface area contributed by atoms with Crippen molar-refractivity contribution in [3.8, 4) is 33.3 Å². The summed E-state index contributed by atoms with van der Waals surface area (Å²) in [5.41, 5.74) is 1.53. The zero-order chi connectivity index (χ0) is 17.4. The molecule has 0 spiro atoms. The maximum atomic E-state index is 12.5. The molecule has 0 saturated carbocycles. The van der Waals surface area contributed by atoms with Gasteiger partial charge in [0.25, 0.3) is 5.56 Å². The van der Waals surface area contributed by atoms with Crippen LogP contribution in [0.3, 0.4) is 0 Å². The van der Waals surface area contributed by atoms with Crippen LogP contribution in [0.4, 0.5) is 0 Å². The number of fused-ring (bicyclic) bond motifs is 1. The lowest BCUT2D eigenvalue weighted by Gasteiger charge is -2.06. The van der Waals surface area contributed by atoms with E-state index in [1.807, 2.05) is 36.4 Å². The third-order valence-corrected chi connectivity index (χ3v) is 4.99. The molecule has 2 aromatic heterocycles. The molecule has 2 N–H and O–H groups in total. The molecule has 124 valence electrons. The van der Waals surface area contributed by atoms with E-state index in [4.69, 9.17) is 4.74 Å². The van der Waals surface area contributed by atoms with Crippen LogP contribution < -0.4 is 10.3 Å². The van der Waals surface area contributed by atoms with E-state index in [2.05, 4.69) is 9.97 Å². The molecule has 0 fully saturated rings. The monoisotopic (exact) mass is 350 g/mol. The number of H-pyrrole nitrogens is 1. The van der Waals surface area contributed by atoms with E-state index in [1.54, 1.807) is 12.1 Å². The van der Waals surface area contributed by atoms with Crippen LogP contribution in [0.25, 0.3) is 32.0 Å². The predicted molar refractivity (Wildman–Crippen MR) is 99.3 cm³/mol. The number of aromatic amines is 1. The minimum Gasteiger partial charge on any atom is -0.504 e. The molecule has 0 amide bonds. The maximum absolute atomic E-state index is 12.5. The first-order valence-corrected chi connectivity index (χ1v) is 8.44. The lowest BCUT2D eigenvalue weighted by Crippen LogP contribution is -2.07. The Hall–Kier alpha value is -3.12. The maximum Gasteiger partial charge on any atom is 0.259 e. The minimum atomic E-state index is -0.189. The predicted octanol–water partition coefficient (Wildman–Crippen LogP) is 4.03. The standard InChI is InChI=1S/C19H14N2O3S/c1-24-15-9-12(7-8-14(15)22)17-20-18(23)13-10-16(25-19(13)21-17)11-5-3-2-4-6-11/h2-10,22H,1H3,(H,20,21,23). The molecule has 0 atom stereocenters. The number of hydrogen-bond donors (Lipinski definition) is 2. The Morgan fingerprint density at radius 2 is 1.88 bits per heavy atom. The Balaban J connectivity index is 1.86. The summed E-state index contributed by atoms with van der Waals surface area (Å²) < 4.78 is 5.12. The zero-order valence-electron chi connectivity index (χ0n) is 13.3. The average molecular weight is 350 g/mol. The summed E-state index contributed by atoms with van der Waals surface area (Å²) in [6, 6.07) is 16.6. The van der Waals surface area contributed by atoms with Gasteiger partial charge in [0, 0.05) is 10.4 Å². The van der Waals surface area contributed by atoms with Gasteiger partial charge in [0.1, 0.15) is 10.7 Å². The first kappa shape index (κ1) is 15.4. The van der Waals surface area contributed by atoms with Gasteiger partial charge in [-0.1, -0.05) is 30.3 Å². The number of nitrogens with zero attached hydrogens (tertiary/aromatic N) is 1. The van der Waals surface area contributed by atoms with Gasteiger partial charge in [0.05, 0.1) is 12.5 Å². The number of nitrogens with one attached hydrogen (secondary N) is 1. The highest BCUT2D eigenvalue weighted by molar-refractivity contribution is 7.21. The van der Waals surface area contributed by atoms with E-state index in [-0.39, 0.29) is 11.3 Å². The van der Waals surface area contributed by atoms with Crippen LogP contribution in [0, 0.1) is 0 Å². The number of thiophene rings is 1. The summed E-state index contributed by atoms with van der Waals surface area (Å²) in [6.07, 6.45) is 0. The summed E-state index contributed by atoms with van der Waals surface area (Å²) in [7, 11) is 1.48. The van der Waals surface area contributed by atoms with Crippen molar-refractivity contribution in [2.45, 2.75) is 0 Å². The van der Waals surface area contributed by atoms with E-state index in [1.165, 1.54) is 24.5 Å². The van der Waals surface area contributed by atoms with Gasteiger partial charge in [0.2, 0.25) is 0 Å². The minimum absolute atomic E-state index is 0.0390. The van der Waals surface area contributed by atoms with Gasteiger partial charge < -0.3 is 14.8 Å². The molecule has 4 aromatic rings. The Kier molecular flexibility index (Phi) is 3.74. The van der Waals surface area contributed by atoms with E-state index >= 15 is 0 Å². The quantitative estimate of drug-likeness (QED) is 0.585. The Morgan fingerprint density at radius 1 is 1.08 bits per heavy atom. The fourth-order valence-corrected chi connectivity index (χ4v) is 3.68. The van der Waals surface area contributed by atoms with Crippen molar-refractivity contribution in [1.82, 2.24) is 9.97 Å². The Bertz CT molecular complexity index is 1120. The molecule has 0 saturated heterocycles. The van der Waals surface area contributed by atoms with Crippen LogP contribution in [0.5, 0.6) is 11.5 Å². The summed E-state index contributed by atoms with van der Waals surface area (Å²) in [5.74, 6) is 0.811. The molecule has 0 bridgehead atoms. The first-order chi connectivity index (χ1) is 12.2. The smallest absolute Gasteiger partial charge is 0.259 e. The number of phenolic OH excluding ortho intramolecular Hbond substituents is 1. The largest absolute Gasteiger partial charge is 0.504 e. The number of ether oxygens (including phenoxy) is 1. The number of rotatable bonds is 3. The number of aromatic nitrogens is 2. The molecule has 2 heterocycles. The average Bonchev–Trinajstić information content (AvgIpc) is 3.08. The zero-order valence-corrected chi connectivity index (χ0v) is 14.1. The van der Waals surface area contributed by atoms with E-state index in [0.29, 0.717) is 27.4 Å². The van der Waals surface area contributed by atoms with Crippen molar-refractivity contribution < 1.29 is 9.84 Å². The summed E-state index contributed by atoms with van der Waals surface area (Å²) in [6.45, 7) is 0. The van der Waals surface area contributed by atoms with Crippen molar-refractivity contribution in [1.29, 1.82) is 0 Å². The van der Waals surface area contributed by atoms with Crippen molar-refractivity contribution in [2.75, 3.05) is 7.11 Å². The van der Waals surface area contributed by atoms with Crippen molar-refractivity contribution >= 4 is 21.6 Å². The Labute approximate surface area is 147 Å². The molecule has 5 nitrogen and oxygen atoms in total. The van der Waals surface area contributed by atoms with Crippen molar-refractivity contribution in [2.24, 2.45) is 0 Å². The highest BCUT2D eigenvalue weighted by Gasteiger charge is 2.12. The van der Waals surface area contributed by atoms with E-state index in [0.717, 1.165) is 10.4 Å². The highest BCUT2D eigenvalue weighted by Crippen LogP contribution is 2.33. The van der Waals surface area contributed by atoms with Crippen molar-refractivity contribution in [3.05, 3.63) is 65.0 Å². The van der Waals surface area contributed by atoms with Gasteiger partial charge >= 0.3 is 0 Å². The van der Waals surface area contributed by atoms with Crippen LogP contribution in [-0.4, -0.2) is 22.2 Å². The molecular weight excluding hydrogens is 336 g/mol. The van der Waals surface area contributed by atoms with Gasteiger partial charge in [-0.15, -0.1) is 11.3 Å². The topological polar surface area (TPSA) is 75.2 Å². The molecule has 2 aromatic carbocycles. The molecule has 25 heavy (non-hydrogen) atoms. The fraction of sp³-hybridized carbons (Fsp3) is 0.0526. The number of benzene rings is 2. The molecular formula is C19H14N2O3S. The number of phenols is 1. The van der Waals surface area contributed by atoms with Crippen LogP contribution >= 0.6 is 11.3 Å². The van der Waals surface area contributed by atoms with Gasteiger partial charge in [-0.25, -0.2) is 4.98 Å². The molecule has 0 aliphatic rings. The van der Waals surface area contributed by atoms with Crippen LogP contribution in [0.2, 0.25) is 0 Å². The van der Waals surface area contributed by atoms with Crippen LogP contribution in [-0.2, 0) is 0 Å². The second-order valence-electron chi connectivity index (χ2n) is 5.50. The van der Waals surface area contributed by atoms with E-state index < -0.39 is 0 Å². The van der Waals surface area contributed by atoms with Gasteiger partial charge in [-0.05, 0) is 29.8 Å². The van der Waals surface area contributed by atoms with Crippen LogP contribution in [0.15, 0.2) is 59.4 Å². The second-order valence-corrected chi connectivity index (χ2v) is 6.53. The molecule has 0 radical (unpaired) electrons. The first-order valence-electron chi connectivity index (χ1n) is 7.62. The van der Waals surface area contributed by atoms with E-state index in [9.17, 15) is 9.90 Å². The SMILES string of the molecule is COc1cc(-c2nc3sc(-c4ccccc4)cc3c(=O)[nH]2)ccc1O. The molecule has 4 rings (SSSR count). The third-order valence-electron chi connectivity index (χ3n) is 3.91.